The predicted molar refractivity (Wildman–Crippen MR) is 70.5 cm³/mol. The van der Waals surface area contributed by atoms with E-state index in [0.29, 0.717) is 11.3 Å². The summed E-state index contributed by atoms with van der Waals surface area (Å²) < 4.78 is 18.9. The summed E-state index contributed by atoms with van der Waals surface area (Å²) in [6, 6.07) is 8.03. The first kappa shape index (κ1) is 14.0. The van der Waals surface area contributed by atoms with Gasteiger partial charge in [-0.05, 0) is 23.6 Å². The molecule has 0 unspecified atom stereocenters. The van der Waals surface area contributed by atoms with Gasteiger partial charge in [-0.1, -0.05) is 12.1 Å². The molecular formula is C12H13ClFNOS. The molecule has 0 aliphatic heterocycles. The van der Waals surface area contributed by atoms with Crippen LogP contribution < -0.4 is 10.5 Å². The van der Waals surface area contributed by atoms with Gasteiger partial charge >= 0.3 is 0 Å². The highest BCUT2D eigenvalue weighted by Gasteiger charge is 2.18. The van der Waals surface area contributed by atoms with Crippen LogP contribution in [-0.4, -0.2) is 7.11 Å². The number of benzene rings is 1. The highest BCUT2D eigenvalue weighted by atomic mass is 35.5. The SMILES string of the molecule is COc1cccc(F)c1[C@H](N)c1cccs1.Cl. The first-order chi connectivity index (χ1) is 7.74. The van der Waals surface area contributed by atoms with Gasteiger partial charge in [0.2, 0.25) is 0 Å². The smallest absolute Gasteiger partial charge is 0.132 e. The second-order valence-electron chi connectivity index (χ2n) is 3.35. The summed E-state index contributed by atoms with van der Waals surface area (Å²) in [7, 11) is 1.51. The number of thiophene rings is 1. The number of nitrogens with two attached hydrogens (primary N) is 1. The van der Waals surface area contributed by atoms with Gasteiger partial charge < -0.3 is 10.5 Å². The lowest BCUT2D eigenvalue weighted by Gasteiger charge is -2.15. The summed E-state index contributed by atoms with van der Waals surface area (Å²) in [6.45, 7) is 0. The maximum absolute atomic E-state index is 13.7. The zero-order valence-corrected chi connectivity index (χ0v) is 10.9. The van der Waals surface area contributed by atoms with Gasteiger partial charge in [-0.3, -0.25) is 0 Å². The van der Waals surface area contributed by atoms with Crippen molar-refractivity contribution in [3.8, 4) is 5.75 Å². The molecular weight excluding hydrogens is 261 g/mol. The largest absolute Gasteiger partial charge is 0.496 e. The van der Waals surface area contributed by atoms with Crippen LogP contribution in [0.3, 0.4) is 0 Å². The van der Waals surface area contributed by atoms with Crippen molar-refractivity contribution in [1.29, 1.82) is 0 Å². The van der Waals surface area contributed by atoms with Gasteiger partial charge in [0.25, 0.3) is 0 Å². The summed E-state index contributed by atoms with van der Waals surface area (Å²) in [5, 5.41) is 1.92. The van der Waals surface area contributed by atoms with Crippen molar-refractivity contribution in [2.75, 3.05) is 7.11 Å². The van der Waals surface area contributed by atoms with Gasteiger partial charge in [-0.25, -0.2) is 4.39 Å². The van der Waals surface area contributed by atoms with Crippen molar-refractivity contribution in [3.05, 3.63) is 52.0 Å². The number of rotatable bonds is 3. The third-order valence-corrected chi connectivity index (χ3v) is 3.35. The molecule has 0 amide bonds. The van der Waals surface area contributed by atoms with Gasteiger partial charge in [-0.15, -0.1) is 23.7 Å². The lowest BCUT2D eigenvalue weighted by molar-refractivity contribution is 0.402. The van der Waals surface area contributed by atoms with Crippen LogP contribution in [0.2, 0.25) is 0 Å². The van der Waals surface area contributed by atoms with E-state index in [1.807, 2.05) is 17.5 Å². The molecule has 5 heteroatoms. The molecule has 2 nitrogen and oxygen atoms in total. The summed E-state index contributed by atoms with van der Waals surface area (Å²) in [6.07, 6.45) is 0. The fourth-order valence-corrected chi connectivity index (χ4v) is 2.34. The molecule has 17 heavy (non-hydrogen) atoms. The molecule has 0 aliphatic carbocycles. The molecule has 1 aromatic carbocycles. The standard InChI is InChI=1S/C12H12FNOS.ClH/c1-15-9-5-2-4-8(13)11(9)12(14)10-6-3-7-16-10;/h2-7,12H,14H2,1H3;1H/t12-;/m1./s1. The third kappa shape index (κ3) is 2.77. The average Bonchev–Trinajstić information content (AvgIpc) is 2.81. The van der Waals surface area contributed by atoms with Crippen LogP contribution in [-0.2, 0) is 0 Å². The van der Waals surface area contributed by atoms with Crippen molar-refractivity contribution < 1.29 is 9.13 Å². The van der Waals surface area contributed by atoms with Gasteiger partial charge in [0.1, 0.15) is 11.6 Å². The molecule has 0 saturated heterocycles. The van der Waals surface area contributed by atoms with Gasteiger partial charge in [0.15, 0.2) is 0 Å². The fourth-order valence-electron chi connectivity index (χ4n) is 1.61. The van der Waals surface area contributed by atoms with Crippen molar-refractivity contribution in [2.45, 2.75) is 6.04 Å². The Morgan fingerprint density at radius 3 is 2.65 bits per heavy atom. The summed E-state index contributed by atoms with van der Waals surface area (Å²) in [4.78, 5) is 0.920. The molecule has 0 saturated carbocycles. The Labute approximate surface area is 110 Å². The number of ether oxygens (including phenoxy) is 1. The van der Waals surface area contributed by atoms with E-state index in [9.17, 15) is 4.39 Å². The van der Waals surface area contributed by atoms with Gasteiger partial charge in [0, 0.05) is 4.88 Å². The van der Waals surface area contributed by atoms with E-state index >= 15 is 0 Å². The van der Waals surface area contributed by atoms with Crippen LogP contribution in [0.5, 0.6) is 5.75 Å². The maximum atomic E-state index is 13.7. The Hall–Kier alpha value is -1.10. The Balaban J connectivity index is 0.00000144. The molecule has 0 radical (unpaired) electrons. The molecule has 0 spiro atoms. The molecule has 92 valence electrons. The quantitative estimate of drug-likeness (QED) is 0.931. The fraction of sp³-hybridized carbons (Fsp3) is 0.167. The Kier molecular flexibility index (Phi) is 4.93. The number of hydrogen-bond donors (Lipinski definition) is 1. The predicted octanol–water partition coefficient (Wildman–Crippen LogP) is 3.37. The molecule has 2 N–H and O–H groups in total. The number of methoxy groups -OCH3 is 1. The topological polar surface area (TPSA) is 35.2 Å². The minimum absolute atomic E-state index is 0. The zero-order valence-electron chi connectivity index (χ0n) is 9.22. The molecule has 0 bridgehead atoms. The first-order valence-electron chi connectivity index (χ1n) is 4.85. The Morgan fingerprint density at radius 2 is 2.06 bits per heavy atom. The molecule has 2 aromatic rings. The molecule has 0 fully saturated rings. The normalized spacial score (nSPS) is 11.7. The second-order valence-corrected chi connectivity index (χ2v) is 4.33. The van der Waals surface area contributed by atoms with Crippen LogP contribution in [0, 0.1) is 5.82 Å². The summed E-state index contributed by atoms with van der Waals surface area (Å²) >= 11 is 1.51. The molecule has 1 aromatic heterocycles. The lowest BCUT2D eigenvalue weighted by atomic mass is 10.0. The van der Waals surface area contributed by atoms with E-state index in [4.69, 9.17) is 10.5 Å². The van der Waals surface area contributed by atoms with E-state index in [1.54, 1.807) is 12.1 Å². The minimum Gasteiger partial charge on any atom is -0.496 e. The summed E-state index contributed by atoms with van der Waals surface area (Å²) in [5.41, 5.74) is 6.44. The highest BCUT2D eigenvalue weighted by molar-refractivity contribution is 7.10. The average molecular weight is 274 g/mol. The van der Waals surface area contributed by atoms with Crippen molar-refractivity contribution in [2.24, 2.45) is 5.73 Å². The van der Waals surface area contributed by atoms with E-state index in [-0.39, 0.29) is 18.2 Å². The maximum Gasteiger partial charge on any atom is 0.132 e. The monoisotopic (exact) mass is 273 g/mol. The number of halogens is 2. The van der Waals surface area contributed by atoms with Gasteiger partial charge in [0.05, 0.1) is 18.7 Å². The second kappa shape index (κ2) is 6.00. The van der Waals surface area contributed by atoms with Crippen molar-refractivity contribution >= 4 is 23.7 Å². The molecule has 1 heterocycles. The molecule has 2 rings (SSSR count). The van der Waals surface area contributed by atoms with E-state index in [0.717, 1.165) is 4.88 Å². The van der Waals surface area contributed by atoms with E-state index < -0.39 is 6.04 Å². The van der Waals surface area contributed by atoms with E-state index in [2.05, 4.69) is 0 Å². The Morgan fingerprint density at radius 1 is 1.29 bits per heavy atom. The summed E-state index contributed by atoms with van der Waals surface area (Å²) in [5.74, 6) is 0.154. The first-order valence-corrected chi connectivity index (χ1v) is 5.73. The highest BCUT2D eigenvalue weighted by Crippen LogP contribution is 2.32. The van der Waals surface area contributed by atoms with Crippen molar-refractivity contribution in [1.82, 2.24) is 0 Å². The lowest BCUT2D eigenvalue weighted by Crippen LogP contribution is -2.13. The van der Waals surface area contributed by atoms with Gasteiger partial charge in [-0.2, -0.15) is 0 Å². The van der Waals surface area contributed by atoms with E-state index in [1.165, 1.54) is 24.5 Å². The molecule has 1 atom stereocenters. The number of hydrogen-bond acceptors (Lipinski definition) is 3. The van der Waals surface area contributed by atoms with Crippen LogP contribution >= 0.6 is 23.7 Å². The van der Waals surface area contributed by atoms with Crippen LogP contribution in [0.25, 0.3) is 0 Å². The van der Waals surface area contributed by atoms with Crippen LogP contribution in [0.1, 0.15) is 16.5 Å². The van der Waals surface area contributed by atoms with Crippen LogP contribution in [0.4, 0.5) is 4.39 Å². The molecule has 0 aliphatic rings. The minimum atomic E-state index is -0.476. The Bertz CT molecular complexity index is 475. The zero-order chi connectivity index (χ0) is 11.5. The third-order valence-electron chi connectivity index (χ3n) is 2.39. The van der Waals surface area contributed by atoms with Crippen molar-refractivity contribution in [3.63, 3.8) is 0 Å². The van der Waals surface area contributed by atoms with Crippen LogP contribution in [0.15, 0.2) is 35.7 Å².